The minimum absolute atomic E-state index is 0.531. The van der Waals surface area contributed by atoms with E-state index in [9.17, 15) is 0 Å². The van der Waals surface area contributed by atoms with Crippen LogP contribution in [0.25, 0.3) is 0 Å². The van der Waals surface area contributed by atoms with Gasteiger partial charge in [0.1, 0.15) is 0 Å². The molecule has 0 spiro atoms. The van der Waals surface area contributed by atoms with E-state index in [4.69, 9.17) is 0 Å². The van der Waals surface area contributed by atoms with Gasteiger partial charge in [-0.15, -0.1) is 11.3 Å². The number of nitrogens with one attached hydrogen (secondary N) is 1. The first kappa shape index (κ1) is 16.2. The number of rotatable bonds is 7. The van der Waals surface area contributed by atoms with Gasteiger partial charge < -0.3 is 5.32 Å². The van der Waals surface area contributed by atoms with Gasteiger partial charge in [0.05, 0.1) is 11.2 Å². The maximum absolute atomic E-state index is 4.36. The van der Waals surface area contributed by atoms with E-state index < -0.39 is 0 Å². The monoisotopic (exact) mass is 302 g/mol. The standard InChI is InChI=1S/C18H26N2S/c1-13(2)19-11-17(16-7-5-14(3)6-8-16)9-10-18-15(4)20-12-21-18/h5-8,12-13,17,19H,9-11H2,1-4H3. The number of aromatic nitrogens is 1. The van der Waals surface area contributed by atoms with Crippen molar-refractivity contribution in [3.63, 3.8) is 0 Å². The zero-order chi connectivity index (χ0) is 15.2. The molecule has 1 unspecified atom stereocenters. The number of benzene rings is 1. The summed E-state index contributed by atoms with van der Waals surface area (Å²) in [5, 5.41) is 3.59. The molecule has 0 radical (unpaired) electrons. The number of hydrogen-bond donors (Lipinski definition) is 1. The minimum atomic E-state index is 0.531. The smallest absolute Gasteiger partial charge is 0.0797 e. The minimum Gasteiger partial charge on any atom is -0.314 e. The molecule has 2 nitrogen and oxygen atoms in total. The van der Waals surface area contributed by atoms with Crippen LogP contribution in [0.3, 0.4) is 0 Å². The molecule has 0 aliphatic heterocycles. The van der Waals surface area contributed by atoms with Crippen molar-refractivity contribution in [2.45, 2.75) is 52.5 Å². The summed E-state index contributed by atoms with van der Waals surface area (Å²) in [6.07, 6.45) is 2.29. The van der Waals surface area contributed by atoms with E-state index >= 15 is 0 Å². The van der Waals surface area contributed by atoms with Crippen LogP contribution in [0.15, 0.2) is 29.8 Å². The second kappa shape index (κ2) is 7.71. The average molecular weight is 302 g/mol. The van der Waals surface area contributed by atoms with Crippen LogP contribution in [0.1, 0.15) is 47.9 Å². The largest absolute Gasteiger partial charge is 0.314 e. The fraction of sp³-hybridized carbons (Fsp3) is 0.500. The predicted molar refractivity (Wildman–Crippen MR) is 92.2 cm³/mol. The normalized spacial score (nSPS) is 12.8. The van der Waals surface area contributed by atoms with Crippen molar-refractivity contribution in [1.29, 1.82) is 0 Å². The zero-order valence-electron chi connectivity index (χ0n) is 13.5. The highest BCUT2D eigenvalue weighted by atomic mass is 32.1. The third-order valence-electron chi connectivity index (χ3n) is 3.89. The highest BCUT2D eigenvalue weighted by molar-refractivity contribution is 7.09. The van der Waals surface area contributed by atoms with Crippen molar-refractivity contribution in [2.24, 2.45) is 0 Å². The molecule has 1 atom stereocenters. The lowest BCUT2D eigenvalue weighted by atomic mass is 9.92. The molecule has 0 saturated carbocycles. The van der Waals surface area contributed by atoms with Gasteiger partial charge in [0.15, 0.2) is 0 Å². The van der Waals surface area contributed by atoms with Crippen LogP contribution in [0.2, 0.25) is 0 Å². The molecular formula is C18H26N2S. The predicted octanol–water partition coefficient (Wildman–Crippen LogP) is 4.47. The first-order valence-electron chi connectivity index (χ1n) is 7.75. The summed E-state index contributed by atoms with van der Waals surface area (Å²) in [6, 6.07) is 9.53. The van der Waals surface area contributed by atoms with E-state index in [-0.39, 0.29) is 0 Å². The van der Waals surface area contributed by atoms with Gasteiger partial charge in [-0.1, -0.05) is 43.7 Å². The van der Waals surface area contributed by atoms with Crippen LogP contribution < -0.4 is 5.32 Å². The molecule has 3 heteroatoms. The molecular weight excluding hydrogens is 276 g/mol. The zero-order valence-corrected chi connectivity index (χ0v) is 14.3. The molecule has 0 fully saturated rings. The van der Waals surface area contributed by atoms with Gasteiger partial charge in [0, 0.05) is 17.5 Å². The first-order valence-corrected chi connectivity index (χ1v) is 8.63. The Morgan fingerprint density at radius 3 is 2.43 bits per heavy atom. The quantitative estimate of drug-likeness (QED) is 0.816. The summed E-state index contributed by atoms with van der Waals surface area (Å²) >= 11 is 1.78. The summed E-state index contributed by atoms with van der Waals surface area (Å²) < 4.78 is 0. The van der Waals surface area contributed by atoms with Crippen molar-refractivity contribution in [3.8, 4) is 0 Å². The van der Waals surface area contributed by atoms with Crippen LogP contribution in [0.5, 0.6) is 0 Å². The van der Waals surface area contributed by atoms with E-state index in [1.807, 2.05) is 5.51 Å². The van der Waals surface area contributed by atoms with Crippen molar-refractivity contribution in [3.05, 3.63) is 51.5 Å². The van der Waals surface area contributed by atoms with Crippen LogP contribution in [0.4, 0.5) is 0 Å². The SMILES string of the molecule is Cc1ccc(C(CCc2scnc2C)CNC(C)C)cc1. The maximum atomic E-state index is 4.36. The molecule has 0 amide bonds. The Labute approximate surface area is 132 Å². The molecule has 2 rings (SSSR count). The molecule has 0 aliphatic rings. The summed E-state index contributed by atoms with van der Waals surface area (Å²) in [5.41, 5.74) is 5.92. The molecule has 1 heterocycles. The molecule has 0 aliphatic carbocycles. The number of nitrogens with zero attached hydrogens (tertiary/aromatic N) is 1. The number of thiazole rings is 1. The highest BCUT2D eigenvalue weighted by Gasteiger charge is 2.13. The summed E-state index contributed by atoms with van der Waals surface area (Å²) in [5.74, 6) is 0.564. The van der Waals surface area contributed by atoms with Gasteiger partial charge in [-0.2, -0.15) is 0 Å². The molecule has 21 heavy (non-hydrogen) atoms. The summed E-state index contributed by atoms with van der Waals surface area (Å²) in [6.45, 7) is 9.71. The van der Waals surface area contributed by atoms with E-state index in [0.29, 0.717) is 12.0 Å². The van der Waals surface area contributed by atoms with Crippen LogP contribution >= 0.6 is 11.3 Å². The Hall–Kier alpha value is -1.19. The summed E-state index contributed by atoms with van der Waals surface area (Å²) in [7, 11) is 0. The second-order valence-electron chi connectivity index (χ2n) is 6.07. The van der Waals surface area contributed by atoms with Gasteiger partial charge in [-0.3, -0.25) is 0 Å². The van der Waals surface area contributed by atoms with Gasteiger partial charge in [0.2, 0.25) is 0 Å². The van der Waals surface area contributed by atoms with Gasteiger partial charge in [0.25, 0.3) is 0 Å². The fourth-order valence-electron chi connectivity index (χ4n) is 2.47. The lowest BCUT2D eigenvalue weighted by Crippen LogP contribution is -2.28. The first-order chi connectivity index (χ1) is 10.1. The second-order valence-corrected chi connectivity index (χ2v) is 7.01. The number of hydrogen-bond acceptors (Lipinski definition) is 3. The lowest BCUT2D eigenvalue weighted by molar-refractivity contribution is 0.509. The molecule has 0 saturated heterocycles. The van der Waals surface area contributed by atoms with Crippen molar-refractivity contribution >= 4 is 11.3 Å². The lowest BCUT2D eigenvalue weighted by Gasteiger charge is -2.20. The maximum Gasteiger partial charge on any atom is 0.0797 e. The van der Waals surface area contributed by atoms with Gasteiger partial charge >= 0.3 is 0 Å². The number of aryl methyl sites for hydroxylation is 3. The van der Waals surface area contributed by atoms with E-state index in [1.165, 1.54) is 28.1 Å². The molecule has 1 aromatic heterocycles. The molecule has 114 valence electrons. The molecule has 1 aromatic carbocycles. The van der Waals surface area contributed by atoms with Crippen molar-refractivity contribution in [1.82, 2.24) is 10.3 Å². The van der Waals surface area contributed by atoms with E-state index in [0.717, 1.165) is 13.0 Å². The Morgan fingerprint density at radius 2 is 1.86 bits per heavy atom. The molecule has 1 N–H and O–H groups in total. The molecule has 0 bridgehead atoms. The van der Waals surface area contributed by atoms with Gasteiger partial charge in [-0.05, 0) is 38.2 Å². The Morgan fingerprint density at radius 1 is 1.14 bits per heavy atom. The average Bonchev–Trinajstić information content (AvgIpc) is 2.85. The Balaban J connectivity index is 2.04. The van der Waals surface area contributed by atoms with Crippen LogP contribution in [-0.2, 0) is 6.42 Å². The highest BCUT2D eigenvalue weighted by Crippen LogP contribution is 2.24. The topological polar surface area (TPSA) is 24.9 Å². The molecule has 2 aromatic rings. The van der Waals surface area contributed by atoms with Gasteiger partial charge in [-0.25, -0.2) is 4.98 Å². The van der Waals surface area contributed by atoms with E-state index in [1.54, 1.807) is 11.3 Å². The Bertz CT molecular complexity index is 543. The van der Waals surface area contributed by atoms with E-state index in [2.05, 4.69) is 62.3 Å². The van der Waals surface area contributed by atoms with Crippen LogP contribution in [0, 0.1) is 13.8 Å². The Kier molecular flexibility index (Phi) is 5.95. The van der Waals surface area contributed by atoms with Crippen molar-refractivity contribution in [2.75, 3.05) is 6.54 Å². The third kappa shape index (κ3) is 4.94. The van der Waals surface area contributed by atoms with Crippen molar-refractivity contribution < 1.29 is 0 Å². The fourth-order valence-corrected chi connectivity index (χ4v) is 3.27. The summed E-state index contributed by atoms with van der Waals surface area (Å²) in [4.78, 5) is 5.78. The van der Waals surface area contributed by atoms with Crippen LogP contribution in [-0.4, -0.2) is 17.6 Å². The third-order valence-corrected chi connectivity index (χ3v) is 4.88.